The van der Waals surface area contributed by atoms with Gasteiger partial charge in [-0.3, -0.25) is 4.68 Å². The Bertz CT molecular complexity index is 494. The first-order valence-electron chi connectivity index (χ1n) is 6.14. The topological polar surface area (TPSA) is 63.8 Å². The monoisotopic (exact) mass is 266 g/mol. The lowest BCUT2D eigenvalue weighted by Gasteiger charge is -2.09. The second-order valence-corrected chi connectivity index (χ2v) is 5.29. The SMILES string of the molecule is CCCn1ncnc1CC(O)Cc1nc(C)cs1. The molecule has 98 valence electrons. The van der Waals surface area contributed by atoms with Crippen molar-refractivity contribution in [2.24, 2.45) is 0 Å². The minimum Gasteiger partial charge on any atom is -0.392 e. The van der Waals surface area contributed by atoms with E-state index in [1.54, 1.807) is 17.7 Å². The number of aromatic nitrogens is 4. The van der Waals surface area contributed by atoms with E-state index in [-0.39, 0.29) is 0 Å². The van der Waals surface area contributed by atoms with Crippen molar-refractivity contribution >= 4 is 11.3 Å². The van der Waals surface area contributed by atoms with Gasteiger partial charge in [0.25, 0.3) is 0 Å². The predicted molar refractivity (Wildman–Crippen MR) is 70.6 cm³/mol. The van der Waals surface area contributed by atoms with Crippen LogP contribution in [0.5, 0.6) is 0 Å². The molecule has 0 bridgehead atoms. The number of nitrogens with zero attached hydrogens (tertiary/aromatic N) is 4. The maximum atomic E-state index is 10.1. The molecule has 0 spiro atoms. The van der Waals surface area contributed by atoms with E-state index in [1.165, 1.54) is 0 Å². The molecular weight excluding hydrogens is 248 g/mol. The van der Waals surface area contributed by atoms with Gasteiger partial charge in [0.05, 0.1) is 11.1 Å². The second kappa shape index (κ2) is 6.06. The molecule has 2 rings (SSSR count). The van der Waals surface area contributed by atoms with Gasteiger partial charge in [-0.15, -0.1) is 11.3 Å². The molecule has 18 heavy (non-hydrogen) atoms. The fourth-order valence-corrected chi connectivity index (χ4v) is 2.67. The Kier molecular flexibility index (Phi) is 4.43. The summed E-state index contributed by atoms with van der Waals surface area (Å²) in [6.07, 6.45) is 3.22. The van der Waals surface area contributed by atoms with E-state index < -0.39 is 6.10 Å². The van der Waals surface area contributed by atoms with Crippen LogP contribution in [0.15, 0.2) is 11.7 Å². The van der Waals surface area contributed by atoms with E-state index in [1.807, 2.05) is 17.0 Å². The maximum Gasteiger partial charge on any atom is 0.138 e. The summed E-state index contributed by atoms with van der Waals surface area (Å²) < 4.78 is 1.86. The number of hydrogen-bond donors (Lipinski definition) is 1. The van der Waals surface area contributed by atoms with Gasteiger partial charge in [0.2, 0.25) is 0 Å². The van der Waals surface area contributed by atoms with Gasteiger partial charge >= 0.3 is 0 Å². The highest BCUT2D eigenvalue weighted by Gasteiger charge is 2.13. The molecule has 0 saturated heterocycles. The van der Waals surface area contributed by atoms with Crippen molar-refractivity contribution in [3.8, 4) is 0 Å². The summed E-state index contributed by atoms with van der Waals surface area (Å²) in [6.45, 7) is 4.91. The van der Waals surface area contributed by atoms with Crippen LogP contribution in [-0.2, 0) is 19.4 Å². The van der Waals surface area contributed by atoms with Crippen LogP contribution < -0.4 is 0 Å². The molecule has 0 saturated carbocycles. The maximum absolute atomic E-state index is 10.1. The summed E-state index contributed by atoms with van der Waals surface area (Å²) in [5, 5.41) is 17.2. The first-order chi connectivity index (χ1) is 8.69. The Labute approximate surface area is 111 Å². The minimum atomic E-state index is -0.449. The zero-order valence-corrected chi connectivity index (χ0v) is 11.5. The Morgan fingerprint density at radius 3 is 2.94 bits per heavy atom. The number of aliphatic hydroxyl groups excluding tert-OH is 1. The lowest BCUT2D eigenvalue weighted by molar-refractivity contribution is 0.171. The molecule has 0 aliphatic rings. The summed E-state index contributed by atoms with van der Waals surface area (Å²) >= 11 is 1.59. The number of hydrogen-bond acceptors (Lipinski definition) is 5. The van der Waals surface area contributed by atoms with Gasteiger partial charge in [-0.05, 0) is 13.3 Å². The molecule has 2 aromatic rings. The van der Waals surface area contributed by atoms with Crippen LogP contribution in [0.4, 0.5) is 0 Å². The Morgan fingerprint density at radius 2 is 2.28 bits per heavy atom. The predicted octanol–water partition coefficient (Wildman–Crippen LogP) is 1.60. The van der Waals surface area contributed by atoms with Gasteiger partial charge in [0.1, 0.15) is 12.2 Å². The highest BCUT2D eigenvalue weighted by Crippen LogP contribution is 2.13. The standard InChI is InChI=1S/C12H18N4OS/c1-3-4-16-11(13-8-14-16)5-10(17)6-12-15-9(2)7-18-12/h7-8,10,17H,3-6H2,1-2H3. The Hall–Kier alpha value is -1.27. The molecule has 1 atom stereocenters. The highest BCUT2D eigenvalue weighted by molar-refractivity contribution is 7.09. The number of thiazole rings is 1. The Morgan fingerprint density at radius 1 is 1.44 bits per heavy atom. The molecule has 0 aliphatic heterocycles. The molecule has 1 unspecified atom stereocenters. The Balaban J connectivity index is 1.94. The van der Waals surface area contributed by atoms with Crippen LogP contribution in [0.2, 0.25) is 0 Å². The van der Waals surface area contributed by atoms with Crippen molar-refractivity contribution in [2.45, 2.75) is 45.8 Å². The largest absolute Gasteiger partial charge is 0.392 e. The van der Waals surface area contributed by atoms with Gasteiger partial charge in [0, 0.05) is 30.5 Å². The first-order valence-corrected chi connectivity index (χ1v) is 7.02. The summed E-state index contributed by atoms with van der Waals surface area (Å²) in [4.78, 5) is 8.55. The van der Waals surface area contributed by atoms with Crippen LogP contribution in [-0.4, -0.2) is 31.0 Å². The van der Waals surface area contributed by atoms with Crippen molar-refractivity contribution in [1.82, 2.24) is 19.7 Å². The minimum absolute atomic E-state index is 0.449. The average molecular weight is 266 g/mol. The zero-order chi connectivity index (χ0) is 13.0. The van der Waals surface area contributed by atoms with Crippen molar-refractivity contribution in [1.29, 1.82) is 0 Å². The average Bonchev–Trinajstić information content (AvgIpc) is 2.90. The molecular formula is C12H18N4OS. The molecule has 0 aromatic carbocycles. The number of aryl methyl sites for hydroxylation is 2. The van der Waals surface area contributed by atoms with Crippen LogP contribution in [0.1, 0.15) is 29.9 Å². The van der Waals surface area contributed by atoms with Gasteiger partial charge in [0.15, 0.2) is 0 Å². The van der Waals surface area contributed by atoms with Gasteiger partial charge < -0.3 is 5.11 Å². The van der Waals surface area contributed by atoms with Crippen molar-refractivity contribution < 1.29 is 5.11 Å². The van der Waals surface area contributed by atoms with Crippen LogP contribution in [0.3, 0.4) is 0 Å². The quantitative estimate of drug-likeness (QED) is 0.862. The smallest absolute Gasteiger partial charge is 0.138 e. The van der Waals surface area contributed by atoms with Crippen LogP contribution in [0.25, 0.3) is 0 Å². The second-order valence-electron chi connectivity index (χ2n) is 4.34. The molecule has 0 fully saturated rings. The van der Waals surface area contributed by atoms with E-state index in [0.29, 0.717) is 12.8 Å². The lowest BCUT2D eigenvalue weighted by atomic mass is 10.2. The summed E-state index contributed by atoms with van der Waals surface area (Å²) in [7, 11) is 0. The molecule has 2 heterocycles. The summed E-state index contributed by atoms with van der Waals surface area (Å²) in [6, 6.07) is 0. The van der Waals surface area contributed by atoms with Gasteiger partial charge in [-0.25, -0.2) is 9.97 Å². The number of aliphatic hydroxyl groups is 1. The van der Waals surface area contributed by atoms with Crippen LogP contribution >= 0.6 is 11.3 Å². The molecule has 6 heteroatoms. The van der Waals surface area contributed by atoms with Crippen molar-refractivity contribution in [3.63, 3.8) is 0 Å². The number of rotatable bonds is 6. The van der Waals surface area contributed by atoms with Crippen molar-refractivity contribution in [3.05, 3.63) is 28.2 Å². The third-order valence-corrected chi connectivity index (χ3v) is 3.62. The lowest BCUT2D eigenvalue weighted by Crippen LogP contribution is -2.18. The van der Waals surface area contributed by atoms with Crippen molar-refractivity contribution in [2.75, 3.05) is 0 Å². The molecule has 1 N–H and O–H groups in total. The normalized spacial score (nSPS) is 12.8. The van der Waals surface area contributed by atoms with E-state index in [9.17, 15) is 5.11 Å². The molecule has 5 nitrogen and oxygen atoms in total. The zero-order valence-electron chi connectivity index (χ0n) is 10.7. The fraction of sp³-hybridized carbons (Fsp3) is 0.583. The highest BCUT2D eigenvalue weighted by atomic mass is 32.1. The van der Waals surface area contributed by atoms with E-state index in [4.69, 9.17) is 0 Å². The third kappa shape index (κ3) is 3.36. The molecule has 2 aromatic heterocycles. The van der Waals surface area contributed by atoms with E-state index in [0.717, 1.165) is 29.5 Å². The summed E-state index contributed by atoms with van der Waals surface area (Å²) in [5.74, 6) is 0.845. The molecule has 0 radical (unpaired) electrons. The third-order valence-electron chi connectivity index (χ3n) is 2.63. The summed E-state index contributed by atoms with van der Waals surface area (Å²) in [5.41, 5.74) is 1.01. The molecule has 0 aliphatic carbocycles. The molecule has 0 amide bonds. The first kappa shape index (κ1) is 13.2. The van der Waals surface area contributed by atoms with E-state index >= 15 is 0 Å². The van der Waals surface area contributed by atoms with Gasteiger partial charge in [-0.1, -0.05) is 6.92 Å². The van der Waals surface area contributed by atoms with Gasteiger partial charge in [-0.2, -0.15) is 5.10 Å². The van der Waals surface area contributed by atoms with E-state index in [2.05, 4.69) is 22.0 Å². The van der Waals surface area contributed by atoms with Crippen LogP contribution in [0, 0.1) is 6.92 Å². The fourth-order valence-electron chi connectivity index (χ4n) is 1.83.